The largest absolute Gasteiger partial charge is 0.382 e. The van der Waals surface area contributed by atoms with Crippen LogP contribution >= 0.6 is 11.6 Å². The van der Waals surface area contributed by atoms with Crippen LogP contribution in [0.5, 0.6) is 0 Å². The Morgan fingerprint density at radius 3 is 2.87 bits per heavy atom. The molecule has 2 aliphatic rings. The molecule has 0 aromatic heterocycles. The molecule has 1 atom stereocenters. The van der Waals surface area contributed by atoms with Gasteiger partial charge in [-0.3, -0.25) is 4.79 Å². The van der Waals surface area contributed by atoms with Crippen LogP contribution in [0.25, 0.3) is 0 Å². The number of methoxy groups -OCH3 is 1. The summed E-state index contributed by atoms with van der Waals surface area (Å²) in [7, 11) is 1.68. The quantitative estimate of drug-likeness (QED) is 0.847. The smallest absolute Gasteiger partial charge is 0.253 e. The second-order valence-electron chi connectivity index (χ2n) is 6.51. The fourth-order valence-electron chi connectivity index (χ4n) is 3.53. The monoisotopic (exact) mass is 341 g/mol. The minimum atomic E-state index is -0.506. The van der Waals surface area contributed by atoms with Crippen molar-refractivity contribution in [3.05, 3.63) is 34.6 Å². The fourth-order valence-corrected chi connectivity index (χ4v) is 3.71. The molecule has 23 heavy (non-hydrogen) atoms. The lowest BCUT2D eigenvalue weighted by Gasteiger charge is -2.38. The van der Waals surface area contributed by atoms with E-state index in [9.17, 15) is 9.18 Å². The van der Waals surface area contributed by atoms with Gasteiger partial charge in [0.15, 0.2) is 0 Å². The third kappa shape index (κ3) is 3.52. The van der Waals surface area contributed by atoms with E-state index < -0.39 is 5.82 Å². The number of halogens is 2. The topological polar surface area (TPSA) is 38.8 Å². The lowest BCUT2D eigenvalue weighted by Crippen LogP contribution is -2.43. The molecular weight excluding hydrogens is 321 g/mol. The highest BCUT2D eigenvalue weighted by Crippen LogP contribution is 2.42. The molecule has 126 valence electrons. The van der Waals surface area contributed by atoms with E-state index in [0.29, 0.717) is 25.3 Å². The first kappa shape index (κ1) is 16.7. The summed E-state index contributed by atoms with van der Waals surface area (Å²) < 4.78 is 24.2. The summed E-state index contributed by atoms with van der Waals surface area (Å²) in [5.41, 5.74) is 0.604. The molecule has 3 rings (SSSR count). The highest BCUT2D eigenvalue weighted by atomic mass is 35.5. The molecule has 4 nitrogen and oxygen atoms in total. The Kier molecular flexibility index (Phi) is 4.90. The Morgan fingerprint density at radius 1 is 1.48 bits per heavy atom. The molecule has 1 aromatic carbocycles. The minimum Gasteiger partial charge on any atom is -0.382 e. The Bertz CT molecular complexity index is 587. The highest BCUT2D eigenvalue weighted by Gasteiger charge is 2.43. The number of benzene rings is 1. The van der Waals surface area contributed by atoms with Gasteiger partial charge in [0, 0.05) is 25.8 Å². The van der Waals surface area contributed by atoms with Gasteiger partial charge in [-0.1, -0.05) is 11.6 Å². The summed E-state index contributed by atoms with van der Waals surface area (Å²) in [6.45, 7) is 2.75. The Morgan fingerprint density at radius 2 is 2.22 bits per heavy atom. The van der Waals surface area contributed by atoms with Gasteiger partial charge in [0.1, 0.15) is 5.82 Å². The number of piperidine rings is 1. The first-order valence-electron chi connectivity index (χ1n) is 7.88. The van der Waals surface area contributed by atoms with E-state index in [1.165, 1.54) is 18.2 Å². The van der Waals surface area contributed by atoms with Gasteiger partial charge in [-0.05, 0) is 42.9 Å². The van der Waals surface area contributed by atoms with Crippen molar-refractivity contribution in [3.63, 3.8) is 0 Å². The van der Waals surface area contributed by atoms with Crippen LogP contribution in [0.2, 0.25) is 5.02 Å². The molecule has 2 heterocycles. The SMILES string of the molecule is COC[C@H]1CC2(CCN(C(=O)c3ccc(F)c(Cl)c3)CC2)CO1. The molecule has 1 amide bonds. The van der Waals surface area contributed by atoms with Crippen molar-refractivity contribution in [3.8, 4) is 0 Å². The molecule has 0 saturated carbocycles. The zero-order valence-corrected chi connectivity index (χ0v) is 13.9. The molecule has 0 aliphatic carbocycles. The number of nitrogens with zero attached hydrogens (tertiary/aromatic N) is 1. The zero-order chi connectivity index (χ0) is 16.4. The van der Waals surface area contributed by atoms with Crippen molar-refractivity contribution in [2.75, 3.05) is 33.4 Å². The number of carbonyl (C=O) groups is 1. The Balaban J connectivity index is 1.60. The molecule has 0 unspecified atom stereocenters. The predicted octanol–water partition coefficient (Wildman–Crippen LogP) is 3.14. The van der Waals surface area contributed by atoms with Crippen LogP contribution < -0.4 is 0 Å². The Labute approximate surface area is 140 Å². The molecule has 2 fully saturated rings. The lowest BCUT2D eigenvalue weighted by atomic mass is 9.76. The van der Waals surface area contributed by atoms with Crippen LogP contribution in [0.1, 0.15) is 29.6 Å². The third-order valence-corrected chi connectivity index (χ3v) is 5.21. The van der Waals surface area contributed by atoms with Crippen molar-refractivity contribution in [1.82, 2.24) is 4.90 Å². The molecule has 0 N–H and O–H groups in total. The predicted molar refractivity (Wildman–Crippen MR) is 85.2 cm³/mol. The number of amides is 1. The normalized spacial score (nSPS) is 23.4. The maximum absolute atomic E-state index is 13.2. The van der Waals surface area contributed by atoms with Gasteiger partial charge in [-0.15, -0.1) is 0 Å². The number of likely N-dealkylation sites (tertiary alicyclic amines) is 1. The molecule has 1 aromatic rings. The first-order valence-corrected chi connectivity index (χ1v) is 8.26. The number of hydrogen-bond donors (Lipinski definition) is 0. The second kappa shape index (κ2) is 6.75. The van der Waals surface area contributed by atoms with Gasteiger partial charge < -0.3 is 14.4 Å². The van der Waals surface area contributed by atoms with Crippen LogP contribution in [0, 0.1) is 11.2 Å². The summed E-state index contributed by atoms with van der Waals surface area (Å²) in [6, 6.07) is 4.12. The first-order chi connectivity index (χ1) is 11.0. The maximum Gasteiger partial charge on any atom is 0.253 e. The summed E-state index contributed by atoms with van der Waals surface area (Å²) in [6.07, 6.45) is 3.01. The van der Waals surface area contributed by atoms with Gasteiger partial charge in [0.05, 0.1) is 24.3 Å². The van der Waals surface area contributed by atoms with E-state index in [1.54, 1.807) is 7.11 Å². The van der Waals surface area contributed by atoms with Crippen molar-refractivity contribution in [2.45, 2.75) is 25.4 Å². The van der Waals surface area contributed by atoms with Crippen LogP contribution in [-0.2, 0) is 9.47 Å². The van der Waals surface area contributed by atoms with Crippen LogP contribution in [0.15, 0.2) is 18.2 Å². The van der Waals surface area contributed by atoms with Crippen molar-refractivity contribution >= 4 is 17.5 Å². The van der Waals surface area contributed by atoms with E-state index >= 15 is 0 Å². The van der Waals surface area contributed by atoms with Crippen molar-refractivity contribution in [2.24, 2.45) is 5.41 Å². The third-order valence-electron chi connectivity index (χ3n) is 4.92. The summed E-state index contributed by atoms with van der Waals surface area (Å²) in [5.74, 6) is -0.595. The van der Waals surface area contributed by atoms with Crippen LogP contribution in [-0.4, -0.2) is 50.3 Å². The number of ether oxygens (including phenoxy) is 2. The van der Waals surface area contributed by atoms with Gasteiger partial charge >= 0.3 is 0 Å². The molecule has 2 saturated heterocycles. The summed E-state index contributed by atoms with van der Waals surface area (Å²) in [4.78, 5) is 14.3. The summed E-state index contributed by atoms with van der Waals surface area (Å²) >= 11 is 5.77. The fraction of sp³-hybridized carbons (Fsp3) is 0.588. The number of carbonyl (C=O) groups excluding carboxylic acids is 1. The van der Waals surface area contributed by atoms with Gasteiger partial charge in [0.2, 0.25) is 0 Å². The van der Waals surface area contributed by atoms with Crippen molar-refractivity contribution < 1.29 is 18.7 Å². The molecule has 6 heteroatoms. The van der Waals surface area contributed by atoms with Gasteiger partial charge in [-0.25, -0.2) is 4.39 Å². The number of rotatable bonds is 3. The van der Waals surface area contributed by atoms with Crippen LogP contribution in [0.4, 0.5) is 4.39 Å². The van der Waals surface area contributed by atoms with E-state index in [4.69, 9.17) is 21.1 Å². The molecule has 1 spiro atoms. The van der Waals surface area contributed by atoms with E-state index in [2.05, 4.69) is 0 Å². The standard InChI is InChI=1S/C17H21ClFNO3/c1-22-10-13-9-17(11-23-13)4-6-20(7-5-17)16(21)12-2-3-15(19)14(18)8-12/h2-3,8,13H,4-7,9-11H2,1H3/t13-/m1/s1. The van der Waals surface area contributed by atoms with E-state index in [1.807, 2.05) is 4.90 Å². The second-order valence-corrected chi connectivity index (χ2v) is 6.92. The van der Waals surface area contributed by atoms with E-state index in [-0.39, 0.29) is 22.4 Å². The summed E-state index contributed by atoms with van der Waals surface area (Å²) in [5, 5.41) is -0.0177. The molecule has 0 bridgehead atoms. The highest BCUT2D eigenvalue weighted by molar-refractivity contribution is 6.31. The van der Waals surface area contributed by atoms with Gasteiger partial charge in [-0.2, -0.15) is 0 Å². The lowest BCUT2D eigenvalue weighted by molar-refractivity contribution is 0.0281. The average molecular weight is 342 g/mol. The minimum absolute atomic E-state index is 0.0177. The van der Waals surface area contributed by atoms with E-state index in [0.717, 1.165) is 25.9 Å². The zero-order valence-electron chi connectivity index (χ0n) is 13.2. The Hall–Kier alpha value is -1.17. The van der Waals surface area contributed by atoms with Crippen LogP contribution in [0.3, 0.4) is 0 Å². The molecule has 0 radical (unpaired) electrons. The van der Waals surface area contributed by atoms with Gasteiger partial charge in [0.25, 0.3) is 5.91 Å². The molecular formula is C17H21ClFNO3. The number of hydrogen-bond acceptors (Lipinski definition) is 3. The molecule has 2 aliphatic heterocycles. The average Bonchev–Trinajstić information content (AvgIpc) is 2.93. The maximum atomic E-state index is 13.2. The van der Waals surface area contributed by atoms with Crippen molar-refractivity contribution in [1.29, 1.82) is 0 Å².